The number of likely N-dealkylation sites (N-methyl/N-ethyl adjacent to an activating group) is 1. The number of halogens is 1. The summed E-state index contributed by atoms with van der Waals surface area (Å²) in [6.45, 7) is 9.98. The highest BCUT2D eigenvalue weighted by Crippen LogP contribution is 2.43. The number of nitrogens with zero attached hydrogens (tertiary/aromatic N) is 4. The molecule has 0 unspecified atom stereocenters. The molecule has 3 aromatic rings. The Morgan fingerprint density at radius 3 is 2.62 bits per heavy atom. The van der Waals surface area contributed by atoms with Gasteiger partial charge in [-0.15, -0.1) is 0 Å². The van der Waals surface area contributed by atoms with Crippen LogP contribution < -0.4 is 4.90 Å². The molecule has 0 radical (unpaired) electrons. The Labute approximate surface area is 227 Å². The van der Waals surface area contributed by atoms with Crippen LogP contribution in [0.1, 0.15) is 44.4 Å². The van der Waals surface area contributed by atoms with Gasteiger partial charge in [0.25, 0.3) is 5.91 Å². The number of hydrogen-bond donors (Lipinski definition) is 0. The summed E-state index contributed by atoms with van der Waals surface area (Å²) < 4.78 is 0. The van der Waals surface area contributed by atoms with Gasteiger partial charge in [0, 0.05) is 35.2 Å². The van der Waals surface area contributed by atoms with Crippen LogP contribution in [0.2, 0.25) is 5.02 Å². The number of para-hydroxylation sites is 1. The Hall–Kier alpha value is -3.35. The molecule has 7 heteroatoms. The fourth-order valence-electron chi connectivity index (χ4n) is 4.96. The van der Waals surface area contributed by atoms with Gasteiger partial charge in [0.1, 0.15) is 0 Å². The van der Waals surface area contributed by atoms with E-state index in [1.54, 1.807) is 17.3 Å². The lowest BCUT2D eigenvalue weighted by Gasteiger charge is -2.43. The lowest BCUT2D eigenvalue weighted by atomic mass is 9.88. The molecule has 2 aromatic carbocycles. The molecule has 37 heavy (non-hydrogen) atoms. The summed E-state index contributed by atoms with van der Waals surface area (Å²) in [5.41, 5.74) is 5.92. The number of anilines is 1. The van der Waals surface area contributed by atoms with E-state index in [0.717, 1.165) is 34.6 Å². The average molecular weight is 529 g/mol. The summed E-state index contributed by atoms with van der Waals surface area (Å²) in [5, 5.41) is 1.26. The molecule has 5 rings (SSSR count). The van der Waals surface area contributed by atoms with E-state index in [1.807, 2.05) is 54.6 Å². The van der Waals surface area contributed by atoms with E-state index in [9.17, 15) is 4.79 Å². The zero-order valence-electron chi connectivity index (χ0n) is 21.4. The first kappa shape index (κ1) is 25.3. The van der Waals surface area contributed by atoms with Crippen LogP contribution >= 0.6 is 23.4 Å². The Kier molecular flexibility index (Phi) is 6.97. The van der Waals surface area contributed by atoms with Crippen LogP contribution in [0.3, 0.4) is 0 Å². The van der Waals surface area contributed by atoms with Gasteiger partial charge in [-0.3, -0.25) is 14.7 Å². The Morgan fingerprint density at radius 1 is 1.14 bits per heavy atom. The molecule has 1 aromatic heterocycles. The van der Waals surface area contributed by atoms with Crippen molar-refractivity contribution < 1.29 is 4.79 Å². The quantitative estimate of drug-likeness (QED) is 0.320. The van der Waals surface area contributed by atoms with Gasteiger partial charge in [-0.1, -0.05) is 41.9 Å². The van der Waals surface area contributed by atoms with Crippen molar-refractivity contribution >= 4 is 57.5 Å². The van der Waals surface area contributed by atoms with Crippen LogP contribution in [0.4, 0.5) is 11.4 Å². The van der Waals surface area contributed by atoms with Crippen molar-refractivity contribution in [3.05, 3.63) is 99.7 Å². The van der Waals surface area contributed by atoms with Gasteiger partial charge in [0.2, 0.25) is 0 Å². The van der Waals surface area contributed by atoms with Gasteiger partial charge < -0.3 is 4.90 Å². The fourth-order valence-corrected chi connectivity index (χ4v) is 6.16. The maximum Gasteiger partial charge on any atom is 0.267 e. The van der Waals surface area contributed by atoms with Gasteiger partial charge in [-0.2, -0.15) is 0 Å². The predicted molar refractivity (Wildman–Crippen MR) is 156 cm³/mol. The Bertz CT molecular complexity index is 1430. The molecule has 0 bridgehead atoms. The summed E-state index contributed by atoms with van der Waals surface area (Å²) >= 11 is 8.19. The molecule has 2 aliphatic heterocycles. The minimum absolute atomic E-state index is 0.0952. The van der Waals surface area contributed by atoms with E-state index < -0.39 is 0 Å². The Morgan fingerprint density at radius 2 is 1.92 bits per heavy atom. The zero-order valence-corrected chi connectivity index (χ0v) is 23.0. The lowest BCUT2D eigenvalue weighted by Crippen LogP contribution is -2.44. The van der Waals surface area contributed by atoms with E-state index in [-0.39, 0.29) is 11.4 Å². The van der Waals surface area contributed by atoms with Gasteiger partial charge in [0.15, 0.2) is 5.17 Å². The summed E-state index contributed by atoms with van der Waals surface area (Å²) in [4.78, 5) is 27.3. The normalized spacial score (nSPS) is 18.9. The largest absolute Gasteiger partial charge is 0.363 e. The number of amides is 1. The number of carbonyl (C=O) groups excluding carboxylic acids is 1. The van der Waals surface area contributed by atoms with Crippen molar-refractivity contribution in [2.75, 3.05) is 11.4 Å². The molecule has 0 aliphatic carbocycles. The molecule has 0 atom stereocenters. The molecule has 5 nitrogen and oxygen atoms in total. The number of aromatic nitrogens is 1. The summed E-state index contributed by atoms with van der Waals surface area (Å²) in [6, 6.07) is 17.6. The number of amidine groups is 1. The SMILES string of the molecule is CCN1c2cc(Cl)c(/C=C3/SC(=Nc4ccccc4)N(Cc4cccnc4)C3=O)cc2C(C)=CC1(C)C. The first-order valence-electron chi connectivity index (χ1n) is 12.3. The van der Waals surface area contributed by atoms with Crippen LogP contribution in [0.25, 0.3) is 11.6 Å². The average Bonchev–Trinajstić information content (AvgIpc) is 3.15. The number of fused-ring (bicyclic) bond motifs is 1. The molecule has 0 saturated carbocycles. The maximum atomic E-state index is 13.6. The molecule has 2 aliphatic rings. The third kappa shape index (κ3) is 5.09. The standard InChI is InChI=1S/C30H29ClN4OS/c1-5-35-26-16-25(31)22(14-24(26)20(2)17-30(35,3)4)15-27-28(36)34(19-21-10-9-13-32-18-21)29(37-27)33-23-11-7-6-8-12-23/h6-18H,5,19H2,1-4H3/b27-15+,33-29?. The number of rotatable bonds is 5. The van der Waals surface area contributed by atoms with Crippen molar-refractivity contribution in [3.8, 4) is 0 Å². The van der Waals surface area contributed by atoms with Crippen molar-refractivity contribution in [1.29, 1.82) is 0 Å². The third-order valence-corrected chi connectivity index (χ3v) is 7.97. The minimum atomic E-state index is -0.0964. The fraction of sp³-hybridized carbons (Fsp3) is 0.233. The van der Waals surface area contributed by atoms with Crippen LogP contribution in [0.15, 0.2) is 83.0 Å². The van der Waals surface area contributed by atoms with Crippen LogP contribution in [-0.2, 0) is 11.3 Å². The van der Waals surface area contributed by atoms with Gasteiger partial charge in [0.05, 0.1) is 22.7 Å². The van der Waals surface area contributed by atoms with E-state index >= 15 is 0 Å². The van der Waals surface area contributed by atoms with Crippen LogP contribution in [0.5, 0.6) is 0 Å². The van der Waals surface area contributed by atoms with Gasteiger partial charge >= 0.3 is 0 Å². The number of hydrogen-bond acceptors (Lipinski definition) is 5. The minimum Gasteiger partial charge on any atom is -0.363 e. The smallest absolute Gasteiger partial charge is 0.267 e. The second-order valence-corrected chi connectivity index (χ2v) is 11.1. The van der Waals surface area contributed by atoms with Gasteiger partial charge in [-0.25, -0.2) is 4.99 Å². The Balaban J connectivity index is 1.55. The van der Waals surface area contributed by atoms with Crippen molar-refractivity contribution in [3.63, 3.8) is 0 Å². The van der Waals surface area contributed by atoms with E-state index in [0.29, 0.717) is 21.6 Å². The van der Waals surface area contributed by atoms with Crippen LogP contribution in [-0.4, -0.2) is 33.0 Å². The molecule has 0 spiro atoms. The zero-order chi connectivity index (χ0) is 26.2. The van der Waals surface area contributed by atoms with Crippen molar-refractivity contribution in [1.82, 2.24) is 9.88 Å². The number of aliphatic imine (C=N–C) groups is 1. The predicted octanol–water partition coefficient (Wildman–Crippen LogP) is 7.56. The first-order chi connectivity index (χ1) is 17.8. The van der Waals surface area contributed by atoms with E-state index in [4.69, 9.17) is 16.6 Å². The van der Waals surface area contributed by atoms with Gasteiger partial charge in [-0.05, 0) is 92.6 Å². The molecule has 1 fully saturated rings. The third-order valence-electron chi connectivity index (χ3n) is 6.63. The molecule has 0 N–H and O–H groups in total. The maximum absolute atomic E-state index is 13.6. The molecule has 1 saturated heterocycles. The second-order valence-electron chi connectivity index (χ2n) is 9.71. The van der Waals surface area contributed by atoms with E-state index in [2.05, 4.69) is 49.7 Å². The number of pyridine rings is 1. The molecule has 188 valence electrons. The molecular weight excluding hydrogens is 500 g/mol. The topological polar surface area (TPSA) is 48.8 Å². The summed E-state index contributed by atoms with van der Waals surface area (Å²) in [7, 11) is 0. The number of allylic oxidation sites excluding steroid dienone is 1. The second kappa shape index (κ2) is 10.2. The molecule has 3 heterocycles. The van der Waals surface area contributed by atoms with Crippen molar-refractivity contribution in [2.45, 2.75) is 39.8 Å². The number of carbonyl (C=O) groups is 1. The highest BCUT2D eigenvalue weighted by molar-refractivity contribution is 8.18. The van der Waals surface area contributed by atoms with Crippen LogP contribution in [0, 0.1) is 0 Å². The summed E-state index contributed by atoms with van der Waals surface area (Å²) in [6.07, 6.45) is 7.68. The lowest BCUT2D eigenvalue weighted by molar-refractivity contribution is -0.122. The monoisotopic (exact) mass is 528 g/mol. The summed E-state index contributed by atoms with van der Waals surface area (Å²) in [5.74, 6) is -0.0964. The highest BCUT2D eigenvalue weighted by atomic mass is 35.5. The number of thioether (sulfide) groups is 1. The first-order valence-corrected chi connectivity index (χ1v) is 13.5. The molecule has 1 amide bonds. The number of benzene rings is 2. The molecular formula is C30H29ClN4OS. The van der Waals surface area contributed by atoms with Crippen molar-refractivity contribution in [2.24, 2.45) is 4.99 Å². The van der Waals surface area contributed by atoms with E-state index in [1.165, 1.54) is 17.3 Å². The highest BCUT2D eigenvalue weighted by Gasteiger charge is 2.35.